The molecule has 0 spiro atoms. The summed E-state index contributed by atoms with van der Waals surface area (Å²) < 4.78 is 7.67. The van der Waals surface area contributed by atoms with Gasteiger partial charge in [0.15, 0.2) is 0 Å². The van der Waals surface area contributed by atoms with Crippen LogP contribution in [0.25, 0.3) is 23.2 Å². The highest BCUT2D eigenvalue weighted by molar-refractivity contribution is 5.79. The zero-order chi connectivity index (χ0) is 14.7. The first-order valence-electron chi connectivity index (χ1n) is 7.48. The minimum Gasteiger partial charge on any atom is -0.465 e. The summed E-state index contributed by atoms with van der Waals surface area (Å²) in [6.07, 6.45) is 7.99. The molecular formula is C18H20N2O. The zero-order valence-electron chi connectivity index (χ0n) is 12.5. The van der Waals surface area contributed by atoms with Crippen LogP contribution in [0.2, 0.25) is 0 Å². The van der Waals surface area contributed by atoms with Crippen LogP contribution in [0.15, 0.2) is 47.1 Å². The van der Waals surface area contributed by atoms with Crippen molar-refractivity contribution in [3.05, 3.63) is 54.2 Å². The molecule has 0 N–H and O–H groups in total. The Bertz CT molecular complexity index is 738. The van der Waals surface area contributed by atoms with Crippen molar-refractivity contribution >= 4 is 23.2 Å². The lowest BCUT2D eigenvalue weighted by atomic mass is 10.2. The first kappa shape index (κ1) is 13.7. The Morgan fingerprint density at radius 3 is 2.81 bits per heavy atom. The van der Waals surface area contributed by atoms with Crippen molar-refractivity contribution in [2.75, 3.05) is 0 Å². The summed E-state index contributed by atoms with van der Waals surface area (Å²) in [4.78, 5) is 4.75. The monoisotopic (exact) mass is 280 g/mol. The number of fused-ring (bicyclic) bond motifs is 1. The summed E-state index contributed by atoms with van der Waals surface area (Å²) in [5.41, 5.74) is 2.23. The highest BCUT2D eigenvalue weighted by Gasteiger charge is 2.13. The van der Waals surface area contributed by atoms with Crippen molar-refractivity contribution in [1.82, 2.24) is 9.55 Å². The molecule has 2 aromatic heterocycles. The number of hydrogen-bond acceptors (Lipinski definition) is 2. The molecule has 0 radical (unpaired) electrons. The van der Waals surface area contributed by atoms with Crippen LogP contribution in [0.4, 0.5) is 0 Å². The summed E-state index contributed by atoms with van der Waals surface area (Å²) >= 11 is 0. The quantitative estimate of drug-likeness (QED) is 0.646. The second-order valence-electron chi connectivity index (χ2n) is 5.32. The first-order valence-corrected chi connectivity index (χ1v) is 7.48. The third-order valence-corrected chi connectivity index (χ3v) is 3.71. The molecule has 0 aliphatic heterocycles. The fraction of sp³-hybridized carbons (Fsp3) is 0.278. The van der Waals surface area contributed by atoms with E-state index in [2.05, 4.69) is 36.6 Å². The number of aromatic nitrogens is 2. The Balaban J connectivity index is 2.06. The van der Waals surface area contributed by atoms with Gasteiger partial charge >= 0.3 is 0 Å². The molecule has 21 heavy (non-hydrogen) atoms. The van der Waals surface area contributed by atoms with E-state index in [1.54, 1.807) is 6.26 Å². The Hall–Kier alpha value is -2.29. The van der Waals surface area contributed by atoms with Gasteiger partial charge in [-0.1, -0.05) is 25.5 Å². The van der Waals surface area contributed by atoms with Gasteiger partial charge < -0.3 is 8.98 Å². The van der Waals surface area contributed by atoms with Crippen LogP contribution >= 0.6 is 0 Å². The van der Waals surface area contributed by atoms with Crippen LogP contribution in [0, 0.1) is 0 Å². The molecule has 0 aliphatic rings. The van der Waals surface area contributed by atoms with Crippen LogP contribution in [0.5, 0.6) is 0 Å². The second kappa shape index (κ2) is 6.00. The molecule has 1 aromatic carbocycles. The summed E-state index contributed by atoms with van der Waals surface area (Å²) in [5, 5.41) is 0. The zero-order valence-corrected chi connectivity index (χ0v) is 12.5. The number of benzene rings is 1. The van der Waals surface area contributed by atoms with Crippen molar-refractivity contribution in [2.24, 2.45) is 0 Å². The molecule has 2 heterocycles. The van der Waals surface area contributed by atoms with Crippen molar-refractivity contribution in [3.8, 4) is 0 Å². The van der Waals surface area contributed by atoms with Crippen LogP contribution in [0.3, 0.4) is 0 Å². The lowest BCUT2D eigenvalue weighted by Gasteiger charge is -2.15. The number of para-hydroxylation sites is 2. The van der Waals surface area contributed by atoms with Gasteiger partial charge in [0.05, 0.1) is 17.3 Å². The molecule has 0 bridgehead atoms. The summed E-state index contributed by atoms with van der Waals surface area (Å²) in [6.45, 7) is 4.47. The van der Waals surface area contributed by atoms with Gasteiger partial charge in [0, 0.05) is 6.04 Å². The average molecular weight is 280 g/mol. The third-order valence-electron chi connectivity index (χ3n) is 3.71. The molecule has 0 fully saturated rings. The fourth-order valence-corrected chi connectivity index (χ4v) is 2.73. The maximum atomic E-state index is 5.35. The minimum atomic E-state index is 0.429. The average Bonchev–Trinajstić information content (AvgIpc) is 3.12. The third kappa shape index (κ3) is 2.77. The Morgan fingerprint density at radius 2 is 2.05 bits per heavy atom. The highest BCUT2D eigenvalue weighted by Crippen LogP contribution is 2.25. The standard InChI is InChI=1S/C18H20N2O/c1-3-7-14(2)20-17-10-5-4-9-16(17)19-18(20)12-11-15-8-6-13-21-15/h4-6,8-14H,3,7H2,1-2H3. The van der Waals surface area contributed by atoms with E-state index in [-0.39, 0.29) is 0 Å². The van der Waals surface area contributed by atoms with Gasteiger partial charge in [-0.15, -0.1) is 0 Å². The minimum absolute atomic E-state index is 0.429. The Morgan fingerprint density at radius 1 is 1.19 bits per heavy atom. The fourth-order valence-electron chi connectivity index (χ4n) is 2.73. The number of imidazole rings is 1. The van der Waals surface area contributed by atoms with E-state index in [1.807, 2.05) is 30.4 Å². The van der Waals surface area contributed by atoms with Crippen LogP contribution in [-0.4, -0.2) is 9.55 Å². The van der Waals surface area contributed by atoms with Crippen molar-refractivity contribution < 1.29 is 4.42 Å². The van der Waals surface area contributed by atoms with Gasteiger partial charge in [-0.25, -0.2) is 4.98 Å². The molecule has 0 saturated heterocycles. The van der Waals surface area contributed by atoms with E-state index in [0.717, 1.165) is 29.9 Å². The van der Waals surface area contributed by atoms with E-state index >= 15 is 0 Å². The Labute approximate surface area is 124 Å². The molecule has 3 aromatic rings. The first-order chi connectivity index (χ1) is 10.3. The maximum Gasteiger partial charge on any atom is 0.134 e. The van der Waals surface area contributed by atoms with E-state index < -0.39 is 0 Å². The van der Waals surface area contributed by atoms with Gasteiger partial charge in [-0.3, -0.25) is 0 Å². The molecule has 1 unspecified atom stereocenters. The summed E-state index contributed by atoms with van der Waals surface area (Å²) in [5.74, 6) is 1.82. The van der Waals surface area contributed by atoms with Gasteiger partial charge in [0.25, 0.3) is 0 Å². The molecule has 3 nitrogen and oxygen atoms in total. The molecule has 0 amide bonds. The smallest absolute Gasteiger partial charge is 0.134 e. The summed E-state index contributed by atoms with van der Waals surface area (Å²) in [7, 11) is 0. The van der Waals surface area contributed by atoms with Crippen LogP contribution < -0.4 is 0 Å². The molecule has 1 atom stereocenters. The highest BCUT2D eigenvalue weighted by atomic mass is 16.3. The van der Waals surface area contributed by atoms with Gasteiger partial charge in [0.2, 0.25) is 0 Å². The predicted octanol–water partition coefficient (Wildman–Crippen LogP) is 5.16. The van der Waals surface area contributed by atoms with Gasteiger partial charge in [-0.05, 0) is 49.8 Å². The topological polar surface area (TPSA) is 31.0 Å². The number of nitrogens with zero attached hydrogens (tertiary/aromatic N) is 2. The van der Waals surface area contributed by atoms with E-state index in [9.17, 15) is 0 Å². The molecule has 3 heteroatoms. The second-order valence-corrected chi connectivity index (χ2v) is 5.32. The molecule has 0 saturated carbocycles. The number of hydrogen-bond donors (Lipinski definition) is 0. The van der Waals surface area contributed by atoms with E-state index in [4.69, 9.17) is 9.40 Å². The SMILES string of the molecule is CCCC(C)n1c(C=Cc2ccco2)nc2ccccc21. The van der Waals surface area contributed by atoms with Crippen LogP contribution in [-0.2, 0) is 0 Å². The van der Waals surface area contributed by atoms with Gasteiger partial charge in [-0.2, -0.15) is 0 Å². The summed E-state index contributed by atoms with van der Waals surface area (Å²) in [6, 6.07) is 12.6. The largest absolute Gasteiger partial charge is 0.465 e. The number of rotatable bonds is 5. The van der Waals surface area contributed by atoms with Gasteiger partial charge in [0.1, 0.15) is 11.6 Å². The van der Waals surface area contributed by atoms with Crippen molar-refractivity contribution in [1.29, 1.82) is 0 Å². The van der Waals surface area contributed by atoms with E-state index in [1.165, 1.54) is 5.52 Å². The molecule has 3 rings (SSSR count). The Kier molecular flexibility index (Phi) is 3.91. The number of furan rings is 1. The van der Waals surface area contributed by atoms with Crippen molar-refractivity contribution in [3.63, 3.8) is 0 Å². The normalized spacial score (nSPS) is 13.2. The molecule has 108 valence electrons. The molecule has 0 aliphatic carbocycles. The lowest BCUT2D eigenvalue weighted by Crippen LogP contribution is -2.06. The maximum absolute atomic E-state index is 5.35. The lowest BCUT2D eigenvalue weighted by molar-refractivity contribution is 0.509. The predicted molar refractivity (Wildman–Crippen MR) is 87.0 cm³/mol. The molecular weight excluding hydrogens is 260 g/mol. The van der Waals surface area contributed by atoms with Crippen molar-refractivity contribution in [2.45, 2.75) is 32.7 Å². The van der Waals surface area contributed by atoms with Crippen LogP contribution in [0.1, 0.15) is 44.3 Å². The van der Waals surface area contributed by atoms with E-state index in [0.29, 0.717) is 6.04 Å².